The van der Waals surface area contributed by atoms with Gasteiger partial charge in [-0.05, 0) is 74.8 Å². The number of aryl methyl sites for hydroxylation is 1. The fourth-order valence-corrected chi connectivity index (χ4v) is 4.85. The zero-order valence-corrected chi connectivity index (χ0v) is 24.1. The molecular weight excluding hydrogens is 496 g/mol. The molecule has 1 aliphatic rings. The highest BCUT2D eigenvalue weighted by atomic mass is 16.5. The number of amides is 1. The number of ketones is 1. The van der Waals surface area contributed by atoms with Gasteiger partial charge in [0.15, 0.2) is 11.5 Å². The third-order valence-corrected chi connectivity index (χ3v) is 7.11. The van der Waals surface area contributed by atoms with Crippen LogP contribution in [0.4, 0.5) is 0 Å². The molecule has 0 bridgehead atoms. The highest BCUT2D eigenvalue weighted by Crippen LogP contribution is 2.42. The summed E-state index contributed by atoms with van der Waals surface area (Å²) in [4.78, 5) is 30.6. The maximum absolute atomic E-state index is 13.5. The summed E-state index contributed by atoms with van der Waals surface area (Å²) < 4.78 is 17.1. The minimum atomic E-state index is -0.773. The standard InChI is InChI=1S/C31H42N2O6/c1-7-11-18-39-25-15-12-22(20-26(25)37-6)28-27(29(34)24-14-13-23(38-10-4)19-21(24)5)30(35)31(36)33(28)17-16-32(8-2)9-3/h12-15,19-20,28,34H,7-11,16-18H2,1-6H3. The van der Waals surface area contributed by atoms with Crippen LogP contribution < -0.4 is 14.2 Å². The number of hydrogen-bond acceptors (Lipinski definition) is 7. The van der Waals surface area contributed by atoms with Crippen molar-refractivity contribution in [3.05, 3.63) is 58.7 Å². The number of aliphatic hydroxyl groups excluding tert-OH is 1. The van der Waals surface area contributed by atoms with Gasteiger partial charge in [0.1, 0.15) is 11.5 Å². The van der Waals surface area contributed by atoms with Crippen molar-refractivity contribution in [1.82, 2.24) is 9.80 Å². The molecule has 1 aliphatic heterocycles. The minimum absolute atomic E-state index is 0.0634. The fourth-order valence-electron chi connectivity index (χ4n) is 4.85. The molecule has 2 aromatic rings. The Hall–Kier alpha value is -3.52. The van der Waals surface area contributed by atoms with Crippen molar-refractivity contribution in [2.45, 2.75) is 53.5 Å². The summed E-state index contributed by atoms with van der Waals surface area (Å²) >= 11 is 0. The summed E-state index contributed by atoms with van der Waals surface area (Å²) in [7, 11) is 1.56. The molecule has 3 rings (SSSR count). The SMILES string of the molecule is CCCCOc1ccc(C2C(=C(O)c3ccc(OCC)cc3C)C(=O)C(=O)N2CCN(CC)CC)cc1OC. The van der Waals surface area contributed by atoms with Crippen LogP contribution in [0.3, 0.4) is 0 Å². The number of carbonyl (C=O) groups is 2. The molecule has 1 atom stereocenters. The summed E-state index contributed by atoms with van der Waals surface area (Å²) in [6.07, 6.45) is 1.92. The van der Waals surface area contributed by atoms with Crippen LogP contribution in [-0.4, -0.2) is 73.1 Å². The van der Waals surface area contributed by atoms with Gasteiger partial charge in [0.25, 0.3) is 11.7 Å². The quantitative estimate of drug-likeness (QED) is 0.150. The molecule has 8 heteroatoms. The summed E-state index contributed by atoms with van der Waals surface area (Å²) in [5, 5.41) is 11.5. The monoisotopic (exact) mass is 538 g/mol. The molecule has 0 aliphatic carbocycles. The van der Waals surface area contributed by atoms with Crippen LogP contribution in [0.15, 0.2) is 42.0 Å². The van der Waals surface area contributed by atoms with E-state index in [0.29, 0.717) is 54.7 Å². The Morgan fingerprint density at radius 1 is 1.00 bits per heavy atom. The first-order valence-corrected chi connectivity index (χ1v) is 13.9. The summed E-state index contributed by atoms with van der Waals surface area (Å²) in [5.74, 6) is 0.247. The number of likely N-dealkylation sites (N-methyl/N-ethyl adjacent to an activating group) is 1. The first-order chi connectivity index (χ1) is 18.8. The molecule has 1 amide bonds. The van der Waals surface area contributed by atoms with E-state index in [1.54, 1.807) is 36.3 Å². The Labute approximate surface area is 232 Å². The predicted octanol–water partition coefficient (Wildman–Crippen LogP) is 5.34. The maximum Gasteiger partial charge on any atom is 0.295 e. The number of nitrogens with zero attached hydrogens (tertiary/aromatic N) is 2. The highest BCUT2D eigenvalue weighted by Gasteiger charge is 2.46. The van der Waals surface area contributed by atoms with Crippen molar-refractivity contribution >= 4 is 17.4 Å². The Balaban J connectivity index is 2.13. The van der Waals surface area contributed by atoms with Crippen molar-refractivity contribution < 1.29 is 28.9 Å². The number of likely N-dealkylation sites (tertiary alicyclic amines) is 1. The Bertz CT molecular complexity index is 1190. The molecule has 8 nitrogen and oxygen atoms in total. The number of rotatable bonds is 14. The third kappa shape index (κ3) is 6.74. The van der Waals surface area contributed by atoms with E-state index < -0.39 is 17.7 Å². The molecule has 212 valence electrons. The number of carbonyl (C=O) groups excluding carboxylic acids is 2. The molecule has 2 aromatic carbocycles. The van der Waals surface area contributed by atoms with E-state index in [9.17, 15) is 14.7 Å². The van der Waals surface area contributed by atoms with Gasteiger partial charge in [0, 0.05) is 18.7 Å². The number of unbranched alkanes of at least 4 members (excludes halogenated alkanes) is 1. The predicted molar refractivity (Wildman–Crippen MR) is 153 cm³/mol. The number of Topliss-reactive ketones (excluding diaryl/α,β-unsaturated/α-hetero) is 1. The lowest BCUT2D eigenvalue weighted by atomic mass is 9.93. The highest BCUT2D eigenvalue weighted by molar-refractivity contribution is 6.46. The van der Waals surface area contributed by atoms with Crippen molar-refractivity contribution in [3.8, 4) is 17.2 Å². The molecular formula is C31H42N2O6. The van der Waals surface area contributed by atoms with Gasteiger partial charge in [0.2, 0.25) is 0 Å². The van der Waals surface area contributed by atoms with E-state index in [-0.39, 0.29) is 11.3 Å². The van der Waals surface area contributed by atoms with E-state index in [1.165, 1.54) is 0 Å². The van der Waals surface area contributed by atoms with Crippen LogP contribution in [-0.2, 0) is 9.59 Å². The van der Waals surface area contributed by atoms with Crippen molar-refractivity contribution in [2.75, 3.05) is 46.5 Å². The van der Waals surface area contributed by atoms with Crippen molar-refractivity contribution in [3.63, 3.8) is 0 Å². The third-order valence-electron chi connectivity index (χ3n) is 7.11. The summed E-state index contributed by atoms with van der Waals surface area (Å²) in [5.41, 5.74) is 1.95. The van der Waals surface area contributed by atoms with Gasteiger partial charge < -0.3 is 29.1 Å². The van der Waals surface area contributed by atoms with E-state index >= 15 is 0 Å². The largest absolute Gasteiger partial charge is 0.507 e. The van der Waals surface area contributed by atoms with Gasteiger partial charge in [-0.15, -0.1) is 0 Å². The minimum Gasteiger partial charge on any atom is -0.507 e. The maximum atomic E-state index is 13.5. The second kappa shape index (κ2) is 14.0. The van der Waals surface area contributed by atoms with Gasteiger partial charge in [-0.25, -0.2) is 0 Å². The lowest BCUT2D eigenvalue weighted by Gasteiger charge is -2.28. The van der Waals surface area contributed by atoms with Crippen LogP contribution in [0.1, 0.15) is 63.3 Å². The van der Waals surface area contributed by atoms with Crippen LogP contribution in [0, 0.1) is 6.92 Å². The number of hydrogen-bond donors (Lipinski definition) is 1. The van der Waals surface area contributed by atoms with Gasteiger partial charge in [-0.1, -0.05) is 33.3 Å². The molecule has 0 spiro atoms. The van der Waals surface area contributed by atoms with E-state index in [1.807, 2.05) is 26.0 Å². The lowest BCUT2D eigenvalue weighted by molar-refractivity contribution is -0.140. The Morgan fingerprint density at radius 2 is 1.74 bits per heavy atom. The van der Waals surface area contributed by atoms with Gasteiger partial charge in [0.05, 0.1) is 31.9 Å². The number of methoxy groups -OCH3 is 1. The number of aliphatic hydroxyl groups is 1. The lowest BCUT2D eigenvalue weighted by Crippen LogP contribution is -2.38. The molecule has 1 N–H and O–H groups in total. The molecule has 1 fully saturated rings. The number of benzene rings is 2. The molecule has 1 unspecified atom stereocenters. The first kappa shape index (κ1) is 30.0. The number of ether oxygens (including phenoxy) is 3. The van der Waals surface area contributed by atoms with Crippen molar-refractivity contribution in [1.29, 1.82) is 0 Å². The van der Waals surface area contributed by atoms with Crippen LogP contribution in [0.5, 0.6) is 17.2 Å². The zero-order valence-electron chi connectivity index (χ0n) is 24.1. The van der Waals surface area contributed by atoms with E-state index in [4.69, 9.17) is 14.2 Å². The van der Waals surface area contributed by atoms with E-state index in [0.717, 1.165) is 31.5 Å². The van der Waals surface area contributed by atoms with Gasteiger partial charge in [-0.2, -0.15) is 0 Å². The molecule has 1 heterocycles. The molecule has 39 heavy (non-hydrogen) atoms. The second-order valence-corrected chi connectivity index (χ2v) is 9.54. The van der Waals surface area contributed by atoms with Crippen LogP contribution in [0.25, 0.3) is 5.76 Å². The van der Waals surface area contributed by atoms with Crippen LogP contribution >= 0.6 is 0 Å². The Kier molecular flexibility index (Phi) is 10.8. The molecule has 0 radical (unpaired) electrons. The first-order valence-electron chi connectivity index (χ1n) is 13.9. The van der Waals surface area contributed by atoms with Crippen molar-refractivity contribution in [2.24, 2.45) is 0 Å². The topological polar surface area (TPSA) is 88.5 Å². The van der Waals surface area contributed by atoms with E-state index in [2.05, 4.69) is 25.7 Å². The Morgan fingerprint density at radius 3 is 2.36 bits per heavy atom. The molecule has 0 saturated carbocycles. The summed E-state index contributed by atoms with van der Waals surface area (Å²) in [6.45, 7) is 13.6. The molecule has 1 saturated heterocycles. The van der Waals surface area contributed by atoms with Crippen LogP contribution in [0.2, 0.25) is 0 Å². The summed E-state index contributed by atoms with van der Waals surface area (Å²) in [6, 6.07) is 9.95. The normalized spacial score (nSPS) is 16.7. The average molecular weight is 539 g/mol. The van der Waals surface area contributed by atoms with Gasteiger partial charge in [-0.3, -0.25) is 9.59 Å². The fraction of sp³-hybridized carbons (Fsp3) is 0.484. The smallest absolute Gasteiger partial charge is 0.295 e. The molecule has 0 aromatic heterocycles. The van der Waals surface area contributed by atoms with Gasteiger partial charge >= 0.3 is 0 Å². The second-order valence-electron chi connectivity index (χ2n) is 9.54. The zero-order chi connectivity index (χ0) is 28.5. The average Bonchev–Trinajstić information content (AvgIpc) is 3.19.